The monoisotopic (exact) mass is 576 g/mol. The van der Waals surface area contributed by atoms with E-state index >= 15 is 0 Å². The molecule has 206 valence electrons. The summed E-state index contributed by atoms with van der Waals surface area (Å²) in [5.74, 6) is -0.584. The lowest BCUT2D eigenvalue weighted by molar-refractivity contribution is -0.132. The van der Waals surface area contributed by atoms with Crippen LogP contribution < -0.4 is 14.4 Å². The first-order valence-electron chi connectivity index (χ1n) is 13.2. The number of nitrogens with zero attached hydrogens (tertiary/aromatic N) is 2. The second-order valence-electron chi connectivity index (χ2n) is 9.42. The fraction of sp³-hybridized carbons (Fsp3) is 0.258. The molecule has 1 aliphatic rings. The Labute approximate surface area is 241 Å². The van der Waals surface area contributed by atoms with E-state index in [9.17, 15) is 14.7 Å². The van der Waals surface area contributed by atoms with Gasteiger partial charge in [-0.3, -0.25) is 14.5 Å². The van der Waals surface area contributed by atoms with Crippen LogP contribution in [0.15, 0.2) is 72.3 Å². The molecular formula is C31H29ClN2O5S. The topological polar surface area (TPSA) is 89.0 Å². The number of carbonyl (C=O) groups is 2. The number of ether oxygens (including phenoxy) is 2. The third-order valence-electron chi connectivity index (χ3n) is 6.53. The molecule has 1 fully saturated rings. The van der Waals surface area contributed by atoms with Crippen LogP contribution in [0.3, 0.4) is 0 Å². The van der Waals surface area contributed by atoms with Crippen LogP contribution in [0, 0.1) is 0 Å². The summed E-state index contributed by atoms with van der Waals surface area (Å²) in [7, 11) is 0. The molecule has 0 spiro atoms. The summed E-state index contributed by atoms with van der Waals surface area (Å²) < 4.78 is 12.3. The molecule has 9 heteroatoms. The van der Waals surface area contributed by atoms with Gasteiger partial charge < -0.3 is 14.6 Å². The van der Waals surface area contributed by atoms with Crippen molar-refractivity contribution < 1.29 is 24.2 Å². The Balaban J connectivity index is 1.62. The van der Waals surface area contributed by atoms with Gasteiger partial charge in [0.25, 0.3) is 5.78 Å². The van der Waals surface area contributed by atoms with E-state index in [-0.39, 0.29) is 11.3 Å². The Hall–Kier alpha value is -3.88. The maximum Gasteiger partial charge on any atom is 0.301 e. The number of thiazole rings is 1. The zero-order valence-electron chi connectivity index (χ0n) is 22.2. The summed E-state index contributed by atoms with van der Waals surface area (Å²) in [6.07, 6.45) is 2.78. The van der Waals surface area contributed by atoms with Gasteiger partial charge >= 0.3 is 5.91 Å². The lowest BCUT2D eigenvalue weighted by Gasteiger charge is -2.23. The van der Waals surface area contributed by atoms with Gasteiger partial charge in [-0.25, -0.2) is 4.98 Å². The molecule has 3 aromatic carbocycles. The number of halogens is 1. The number of aliphatic hydroxyl groups is 1. The molecule has 5 rings (SSSR count). The van der Waals surface area contributed by atoms with Gasteiger partial charge in [-0.1, -0.05) is 67.5 Å². The maximum atomic E-state index is 13.6. The number of anilines is 1. The van der Waals surface area contributed by atoms with E-state index in [4.69, 9.17) is 21.1 Å². The van der Waals surface area contributed by atoms with E-state index in [1.807, 2.05) is 31.2 Å². The number of fused-ring (bicyclic) bond motifs is 1. The summed E-state index contributed by atoms with van der Waals surface area (Å²) >= 11 is 7.44. The highest BCUT2D eigenvalue weighted by molar-refractivity contribution is 7.22. The van der Waals surface area contributed by atoms with Crippen molar-refractivity contribution in [3.05, 3.63) is 88.5 Å². The number of rotatable bonds is 10. The van der Waals surface area contributed by atoms with Gasteiger partial charge in [0.2, 0.25) is 0 Å². The fourth-order valence-electron chi connectivity index (χ4n) is 4.52. The van der Waals surface area contributed by atoms with Crippen molar-refractivity contribution in [3.63, 3.8) is 0 Å². The van der Waals surface area contributed by atoms with Gasteiger partial charge in [-0.2, -0.15) is 0 Å². The molecule has 1 unspecified atom stereocenters. The normalized spacial score (nSPS) is 16.6. The molecule has 0 aliphatic carbocycles. The first-order valence-corrected chi connectivity index (χ1v) is 14.4. The van der Waals surface area contributed by atoms with Crippen molar-refractivity contribution in [3.8, 4) is 11.5 Å². The number of hydrogen-bond acceptors (Lipinski definition) is 7. The third kappa shape index (κ3) is 5.55. The number of aliphatic hydroxyl groups excluding tert-OH is 1. The van der Waals surface area contributed by atoms with Crippen LogP contribution in [0.25, 0.3) is 16.0 Å². The summed E-state index contributed by atoms with van der Waals surface area (Å²) in [6.45, 7) is 5.21. The summed E-state index contributed by atoms with van der Waals surface area (Å²) in [5.41, 5.74) is 1.66. The van der Waals surface area contributed by atoms with E-state index < -0.39 is 17.7 Å². The Kier molecular flexibility index (Phi) is 8.38. The molecule has 0 bridgehead atoms. The average molecular weight is 577 g/mol. The zero-order valence-corrected chi connectivity index (χ0v) is 23.8. The van der Waals surface area contributed by atoms with Crippen molar-refractivity contribution in [2.24, 2.45) is 0 Å². The SMILES string of the molecule is CCCCOc1ccc(C2C(=C(O)c3cccc(OCCC)c3)C(=O)C(=O)N2c2nc3ccc(Cl)cc3s2)cc1. The second kappa shape index (κ2) is 12.1. The van der Waals surface area contributed by atoms with Gasteiger partial charge in [0.15, 0.2) is 5.13 Å². The van der Waals surface area contributed by atoms with Crippen molar-refractivity contribution in [2.75, 3.05) is 18.1 Å². The number of benzene rings is 3. The van der Waals surface area contributed by atoms with Crippen LogP contribution in [0.2, 0.25) is 5.02 Å². The highest BCUT2D eigenvalue weighted by atomic mass is 35.5. The van der Waals surface area contributed by atoms with E-state index in [0.717, 1.165) is 24.0 Å². The Morgan fingerprint density at radius 2 is 1.75 bits per heavy atom. The Morgan fingerprint density at radius 1 is 0.975 bits per heavy atom. The van der Waals surface area contributed by atoms with E-state index in [1.54, 1.807) is 42.5 Å². The largest absolute Gasteiger partial charge is 0.507 e. The Bertz CT molecular complexity index is 1580. The lowest BCUT2D eigenvalue weighted by Crippen LogP contribution is -2.29. The molecule has 2 heterocycles. The minimum Gasteiger partial charge on any atom is -0.507 e. The molecule has 1 aliphatic heterocycles. The first-order chi connectivity index (χ1) is 19.4. The van der Waals surface area contributed by atoms with Gasteiger partial charge in [0.05, 0.1) is 35.0 Å². The van der Waals surface area contributed by atoms with Gasteiger partial charge in [0.1, 0.15) is 17.3 Å². The molecule has 7 nitrogen and oxygen atoms in total. The number of aromatic nitrogens is 1. The van der Waals surface area contributed by atoms with E-state index in [0.29, 0.717) is 51.5 Å². The summed E-state index contributed by atoms with van der Waals surface area (Å²) in [6, 6.07) is 18.5. The number of amides is 1. The van der Waals surface area contributed by atoms with E-state index in [2.05, 4.69) is 11.9 Å². The number of unbranched alkanes of at least 4 members (excludes halogenated alkanes) is 1. The van der Waals surface area contributed by atoms with E-state index in [1.165, 1.54) is 16.2 Å². The molecule has 4 aromatic rings. The van der Waals surface area contributed by atoms with Crippen LogP contribution in [0.1, 0.15) is 50.3 Å². The van der Waals surface area contributed by atoms with Gasteiger partial charge in [-0.05, 0) is 60.9 Å². The number of carbonyl (C=O) groups excluding carboxylic acids is 2. The molecule has 1 amide bonds. The maximum absolute atomic E-state index is 13.6. The molecule has 1 saturated heterocycles. The third-order valence-corrected chi connectivity index (χ3v) is 7.79. The minimum absolute atomic E-state index is 0.0189. The molecule has 40 heavy (non-hydrogen) atoms. The molecular weight excluding hydrogens is 548 g/mol. The Morgan fingerprint density at radius 3 is 2.50 bits per heavy atom. The second-order valence-corrected chi connectivity index (χ2v) is 10.9. The van der Waals surface area contributed by atoms with Crippen molar-refractivity contribution in [1.82, 2.24) is 4.98 Å². The number of ketones is 1. The lowest BCUT2D eigenvalue weighted by atomic mass is 9.95. The standard InChI is InChI=1S/C31H29ClN2O5S/c1-3-5-16-39-22-12-9-19(10-13-22)27-26(28(35)20-7-6-8-23(17-20)38-15-4-2)29(36)30(37)34(27)31-33-24-14-11-21(32)18-25(24)40-31/h6-14,17-18,27,35H,3-5,15-16H2,1-2H3. The summed E-state index contributed by atoms with van der Waals surface area (Å²) in [4.78, 5) is 33.1. The predicted octanol–water partition coefficient (Wildman–Crippen LogP) is 7.54. The van der Waals surface area contributed by atoms with Crippen molar-refractivity contribution >= 4 is 55.7 Å². The van der Waals surface area contributed by atoms with Crippen molar-refractivity contribution in [2.45, 2.75) is 39.2 Å². The van der Waals surface area contributed by atoms with Crippen LogP contribution in [0.4, 0.5) is 5.13 Å². The van der Waals surface area contributed by atoms with Gasteiger partial charge in [0, 0.05) is 10.6 Å². The highest BCUT2D eigenvalue weighted by Gasteiger charge is 2.48. The fourth-order valence-corrected chi connectivity index (χ4v) is 5.79. The minimum atomic E-state index is -0.902. The van der Waals surface area contributed by atoms with Crippen molar-refractivity contribution in [1.29, 1.82) is 0 Å². The predicted molar refractivity (Wildman–Crippen MR) is 158 cm³/mol. The summed E-state index contributed by atoms with van der Waals surface area (Å²) in [5, 5.41) is 12.4. The molecule has 0 radical (unpaired) electrons. The quantitative estimate of drug-likeness (QED) is 0.0907. The van der Waals surface area contributed by atoms with Gasteiger partial charge in [-0.15, -0.1) is 0 Å². The van der Waals surface area contributed by atoms with Crippen LogP contribution in [-0.2, 0) is 9.59 Å². The molecule has 1 aromatic heterocycles. The van der Waals surface area contributed by atoms with Crippen LogP contribution in [-0.4, -0.2) is 35.0 Å². The molecule has 1 N–H and O–H groups in total. The van der Waals surface area contributed by atoms with Crippen LogP contribution in [0.5, 0.6) is 11.5 Å². The zero-order chi connectivity index (χ0) is 28.2. The molecule has 1 atom stereocenters. The number of Topliss-reactive ketones (excluding diaryl/α,β-unsaturated/α-hetero) is 1. The van der Waals surface area contributed by atoms with Crippen LogP contribution >= 0.6 is 22.9 Å². The highest BCUT2D eigenvalue weighted by Crippen LogP contribution is 2.45. The molecule has 0 saturated carbocycles. The average Bonchev–Trinajstić information content (AvgIpc) is 3.49. The smallest absolute Gasteiger partial charge is 0.301 e. The number of hydrogen-bond donors (Lipinski definition) is 1. The first kappa shape index (κ1) is 27.7.